The summed E-state index contributed by atoms with van der Waals surface area (Å²) in [5.74, 6) is 0.0965. The fourth-order valence-electron chi connectivity index (χ4n) is 2.64. The molecule has 0 aliphatic heterocycles. The quantitative estimate of drug-likeness (QED) is 0.676. The standard InChI is InChI=1S/C21H25FO2S/c1-15(2)18-9-12-21(20(14-18)16(3)4)25(23,24)13-5-6-17-7-10-19(22)11-8-17/h5-12,14-16H,13H2,1-4H3. The van der Waals surface area contributed by atoms with Crippen LogP contribution in [0, 0.1) is 5.82 Å². The van der Waals surface area contributed by atoms with E-state index in [2.05, 4.69) is 13.8 Å². The molecule has 0 aromatic heterocycles. The zero-order chi connectivity index (χ0) is 18.6. The topological polar surface area (TPSA) is 34.1 Å². The molecule has 0 N–H and O–H groups in total. The Morgan fingerprint density at radius 2 is 1.60 bits per heavy atom. The van der Waals surface area contributed by atoms with E-state index in [-0.39, 0.29) is 17.5 Å². The van der Waals surface area contributed by atoms with Gasteiger partial charge in [0.1, 0.15) is 5.82 Å². The van der Waals surface area contributed by atoms with Crippen LogP contribution in [0.3, 0.4) is 0 Å². The van der Waals surface area contributed by atoms with Gasteiger partial charge in [-0.3, -0.25) is 0 Å². The second kappa shape index (κ2) is 7.96. The molecule has 0 radical (unpaired) electrons. The SMILES string of the molecule is CC(C)c1ccc(S(=O)(=O)CC=Cc2ccc(F)cc2)c(C(C)C)c1. The predicted octanol–water partition coefficient (Wildman–Crippen LogP) is 5.56. The van der Waals surface area contributed by atoms with Crippen molar-refractivity contribution >= 4 is 15.9 Å². The predicted molar refractivity (Wildman–Crippen MR) is 102 cm³/mol. The Morgan fingerprint density at radius 1 is 0.960 bits per heavy atom. The van der Waals surface area contributed by atoms with E-state index in [1.54, 1.807) is 30.4 Å². The van der Waals surface area contributed by atoms with Crippen LogP contribution >= 0.6 is 0 Å². The molecular weight excluding hydrogens is 335 g/mol. The maximum Gasteiger partial charge on any atom is 0.182 e. The Labute approximate surface area is 150 Å². The Morgan fingerprint density at radius 3 is 2.16 bits per heavy atom. The number of sulfone groups is 1. The Hall–Kier alpha value is -1.94. The molecule has 0 atom stereocenters. The summed E-state index contributed by atoms with van der Waals surface area (Å²) in [5, 5.41) is 0. The van der Waals surface area contributed by atoms with Crippen molar-refractivity contribution in [2.24, 2.45) is 0 Å². The minimum Gasteiger partial charge on any atom is -0.223 e. The average molecular weight is 360 g/mol. The van der Waals surface area contributed by atoms with Gasteiger partial charge in [-0.2, -0.15) is 0 Å². The molecule has 4 heteroatoms. The molecule has 134 valence electrons. The number of hydrogen-bond donors (Lipinski definition) is 0. The minimum atomic E-state index is -3.42. The summed E-state index contributed by atoms with van der Waals surface area (Å²) in [6.07, 6.45) is 3.32. The van der Waals surface area contributed by atoms with E-state index in [0.29, 0.717) is 10.8 Å². The van der Waals surface area contributed by atoms with E-state index in [4.69, 9.17) is 0 Å². The van der Waals surface area contributed by atoms with Crippen molar-refractivity contribution in [2.75, 3.05) is 5.75 Å². The van der Waals surface area contributed by atoms with Gasteiger partial charge in [-0.15, -0.1) is 0 Å². The van der Waals surface area contributed by atoms with E-state index >= 15 is 0 Å². The van der Waals surface area contributed by atoms with E-state index in [0.717, 1.165) is 16.7 Å². The van der Waals surface area contributed by atoms with E-state index in [1.165, 1.54) is 12.1 Å². The van der Waals surface area contributed by atoms with Gasteiger partial charge in [0.25, 0.3) is 0 Å². The average Bonchev–Trinajstić information content (AvgIpc) is 2.56. The highest BCUT2D eigenvalue weighted by molar-refractivity contribution is 7.91. The lowest BCUT2D eigenvalue weighted by Crippen LogP contribution is -2.10. The van der Waals surface area contributed by atoms with Crippen LogP contribution in [0.1, 0.15) is 56.2 Å². The van der Waals surface area contributed by atoms with Gasteiger partial charge < -0.3 is 0 Å². The molecule has 0 saturated carbocycles. The zero-order valence-electron chi connectivity index (χ0n) is 15.2. The maximum atomic E-state index is 12.9. The Balaban J connectivity index is 2.28. The molecule has 0 fully saturated rings. The highest BCUT2D eigenvalue weighted by Gasteiger charge is 2.20. The fourth-order valence-corrected chi connectivity index (χ4v) is 4.09. The van der Waals surface area contributed by atoms with Crippen molar-refractivity contribution in [1.82, 2.24) is 0 Å². The van der Waals surface area contributed by atoms with E-state index in [1.807, 2.05) is 26.0 Å². The van der Waals surface area contributed by atoms with Crippen LogP contribution in [0.4, 0.5) is 4.39 Å². The second-order valence-electron chi connectivity index (χ2n) is 6.84. The van der Waals surface area contributed by atoms with Crippen LogP contribution < -0.4 is 0 Å². The monoisotopic (exact) mass is 360 g/mol. The molecule has 0 aliphatic rings. The van der Waals surface area contributed by atoms with E-state index < -0.39 is 9.84 Å². The second-order valence-corrected chi connectivity index (χ2v) is 8.84. The third kappa shape index (κ3) is 5.02. The first-order chi connectivity index (χ1) is 11.7. The van der Waals surface area contributed by atoms with Crippen molar-refractivity contribution < 1.29 is 12.8 Å². The molecule has 25 heavy (non-hydrogen) atoms. The van der Waals surface area contributed by atoms with Crippen molar-refractivity contribution in [3.63, 3.8) is 0 Å². The third-order valence-corrected chi connectivity index (χ3v) is 5.83. The molecule has 2 rings (SSSR count). The van der Waals surface area contributed by atoms with E-state index in [9.17, 15) is 12.8 Å². The highest BCUT2D eigenvalue weighted by atomic mass is 32.2. The normalized spacial score (nSPS) is 12.4. The first-order valence-electron chi connectivity index (χ1n) is 8.49. The number of benzene rings is 2. The smallest absolute Gasteiger partial charge is 0.182 e. The summed E-state index contributed by atoms with van der Waals surface area (Å²) < 4.78 is 38.5. The lowest BCUT2D eigenvalue weighted by Gasteiger charge is -2.16. The molecule has 0 spiro atoms. The minimum absolute atomic E-state index is 0.0783. The molecule has 0 saturated heterocycles. The van der Waals surface area contributed by atoms with Crippen LogP contribution in [0.2, 0.25) is 0 Å². The Bertz CT molecular complexity index is 848. The van der Waals surface area contributed by atoms with Gasteiger partial charge in [0.2, 0.25) is 0 Å². The number of rotatable bonds is 6. The largest absolute Gasteiger partial charge is 0.223 e. The van der Waals surface area contributed by atoms with Gasteiger partial charge in [-0.05, 0) is 46.7 Å². The number of halogens is 1. The highest BCUT2D eigenvalue weighted by Crippen LogP contribution is 2.28. The molecule has 0 aliphatic carbocycles. The van der Waals surface area contributed by atoms with Crippen LogP contribution in [-0.4, -0.2) is 14.2 Å². The van der Waals surface area contributed by atoms with Gasteiger partial charge in [0.05, 0.1) is 10.6 Å². The molecule has 2 aromatic carbocycles. The van der Waals surface area contributed by atoms with Gasteiger partial charge in [-0.25, -0.2) is 12.8 Å². The van der Waals surface area contributed by atoms with Crippen molar-refractivity contribution in [2.45, 2.75) is 44.4 Å². The summed E-state index contributed by atoms with van der Waals surface area (Å²) in [6.45, 7) is 8.21. The maximum absolute atomic E-state index is 12.9. The molecule has 0 bridgehead atoms. The van der Waals surface area contributed by atoms with Crippen molar-refractivity contribution in [3.8, 4) is 0 Å². The summed E-state index contributed by atoms with van der Waals surface area (Å²) in [6, 6.07) is 11.6. The van der Waals surface area contributed by atoms with Gasteiger partial charge >= 0.3 is 0 Å². The summed E-state index contributed by atoms with van der Waals surface area (Å²) in [5.41, 5.74) is 2.78. The summed E-state index contributed by atoms with van der Waals surface area (Å²) in [4.78, 5) is 0.399. The lowest BCUT2D eigenvalue weighted by molar-refractivity contribution is 0.596. The van der Waals surface area contributed by atoms with Crippen LogP contribution in [-0.2, 0) is 9.84 Å². The van der Waals surface area contributed by atoms with Crippen LogP contribution in [0.5, 0.6) is 0 Å². The first kappa shape index (κ1) is 19.4. The zero-order valence-corrected chi connectivity index (χ0v) is 16.0. The summed E-state index contributed by atoms with van der Waals surface area (Å²) in [7, 11) is -3.42. The van der Waals surface area contributed by atoms with Crippen LogP contribution in [0.15, 0.2) is 53.4 Å². The van der Waals surface area contributed by atoms with Gasteiger partial charge in [0.15, 0.2) is 9.84 Å². The molecule has 0 heterocycles. The molecular formula is C21H25FO2S. The summed E-state index contributed by atoms with van der Waals surface area (Å²) >= 11 is 0. The first-order valence-corrected chi connectivity index (χ1v) is 10.1. The Kier molecular flexibility index (Phi) is 6.17. The molecule has 2 nitrogen and oxygen atoms in total. The lowest BCUT2D eigenvalue weighted by atomic mass is 9.96. The molecule has 0 unspecified atom stereocenters. The van der Waals surface area contributed by atoms with Gasteiger partial charge in [0, 0.05) is 0 Å². The van der Waals surface area contributed by atoms with Crippen molar-refractivity contribution in [3.05, 3.63) is 71.0 Å². The van der Waals surface area contributed by atoms with Crippen LogP contribution in [0.25, 0.3) is 6.08 Å². The fraction of sp³-hybridized carbons (Fsp3) is 0.333. The molecule has 0 amide bonds. The van der Waals surface area contributed by atoms with Gasteiger partial charge in [-0.1, -0.05) is 64.1 Å². The molecule has 2 aromatic rings. The van der Waals surface area contributed by atoms with Crippen molar-refractivity contribution in [1.29, 1.82) is 0 Å². The third-order valence-electron chi connectivity index (χ3n) is 4.15. The number of hydrogen-bond acceptors (Lipinski definition) is 2.